The molecule has 0 heterocycles. The van der Waals surface area contributed by atoms with Gasteiger partial charge in [-0.3, -0.25) is 4.79 Å². The normalized spacial score (nSPS) is 20.2. The lowest BCUT2D eigenvalue weighted by Crippen LogP contribution is -2.39. The van der Waals surface area contributed by atoms with Gasteiger partial charge < -0.3 is 20.3 Å². The van der Waals surface area contributed by atoms with E-state index in [9.17, 15) is 9.90 Å². The van der Waals surface area contributed by atoms with E-state index in [0.717, 1.165) is 18.6 Å². The van der Waals surface area contributed by atoms with Gasteiger partial charge in [0.2, 0.25) is 0 Å². The molecular weight excluding hydrogens is 254 g/mol. The summed E-state index contributed by atoms with van der Waals surface area (Å²) >= 11 is 1.63. The van der Waals surface area contributed by atoms with E-state index in [4.69, 9.17) is 15.2 Å². The van der Waals surface area contributed by atoms with Gasteiger partial charge in [-0.1, -0.05) is 0 Å². The summed E-state index contributed by atoms with van der Waals surface area (Å²) in [4.78, 5) is 11.3. The minimum atomic E-state index is -0.182. The standard InChI is InChI=1S/C12H23NO4S/c1-16-7-9(13)10(6-14)18-8-12(3-4-12)5-11(15)17-2/h9-10,14H,3-8,13H2,1-2H3. The fourth-order valence-corrected chi connectivity index (χ4v) is 3.21. The van der Waals surface area contributed by atoms with Gasteiger partial charge in [0.1, 0.15) is 0 Å². The average Bonchev–Trinajstić information content (AvgIpc) is 3.10. The summed E-state index contributed by atoms with van der Waals surface area (Å²) in [5.41, 5.74) is 5.99. The van der Waals surface area contributed by atoms with Gasteiger partial charge in [-0.2, -0.15) is 11.8 Å². The second-order valence-electron chi connectivity index (χ2n) is 4.90. The topological polar surface area (TPSA) is 81.8 Å². The summed E-state index contributed by atoms with van der Waals surface area (Å²) in [6, 6.07) is -0.182. The lowest BCUT2D eigenvalue weighted by atomic mass is 10.1. The van der Waals surface area contributed by atoms with Gasteiger partial charge in [0.25, 0.3) is 0 Å². The third kappa shape index (κ3) is 4.76. The van der Waals surface area contributed by atoms with Crippen LogP contribution >= 0.6 is 11.8 Å². The zero-order valence-corrected chi connectivity index (χ0v) is 11.9. The van der Waals surface area contributed by atoms with Crippen LogP contribution in [0.2, 0.25) is 0 Å². The van der Waals surface area contributed by atoms with E-state index in [1.54, 1.807) is 18.9 Å². The fraction of sp³-hybridized carbons (Fsp3) is 0.917. The molecule has 0 amide bonds. The summed E-state index contributed by atoms with van der Waals surface area (Å²) in [5, 5.41) is 9.28. The quantitative estimate of drug-likeness (QED) is 0.594. The number of thioether (sulfide) groups is 1. The van der Waals surface area contributed by atoms with Crippen LogP contribution in [-0.4, -0.2) is 55.6 Å². The summed E-state index contributed by atoms with van der Waals surface area (Å²) in [6.45, 7) is 0.464. The van der Waals surface area contributed by atoms with E-state index in [2.05, 4.69) is 0 Å². The molecule has 3 N–H and O–H groups in total. The highest BCUT2D eigenvalue weighted by atomic mass is 32.2. The van der Waals surface area contributed by atoms with Crippen molar-refractivity contribution in [2.45, 2.75) is 30.6 Å². The van der Waals surface area contributed by atoms with E-state index in [1.807, 2.05) is 0 Å². The molecule has 18 heavy (non-hydrogen) atoms. The Morgan fingerprint density at radius 2 is 2.17 bits per heavy atom. The van der Waals surface area contributed by atoms with Crippen molar-refractivity contribution in [1.29, 1.82) is 0 Å². The van der Waals surface area contributed by atoms with Crippen LogP contribution in [0.5, 0.6) is 0 Å². The Morgan fingerprint density at radius 3 is 2.61 bits per heavy atom. The minimum Gasteiger partial charge on any atom is -0.469 e. The number of hydrogen-bond acceptors (Lipinski definition) is 6. The molecule has 0 aromatic carbocycles. The minimum absolute atomic E-state index is 0.0312. The molecule has 0 aromatic rings. The molecule has 2 unspecified atom stereocenters. The van der Waals surface area contributed by atoms with Crippen LogP contribution in [0.15, 0.2) is 0 Å². The maximum absolute atomic E-state index is 11.3. The SMILES string of the molecule is COCC(N)C(CO)SCC1(CC(=O)OC)CC1. The van der Waals surface area contributed by atoms with Crippen LogP contribution in [0.25, 0.3) is 0 Å². The first-order valence-corrected chi connectivity index (χ1v) is 7.15. The molecule has 0 radical (unpaired) electrons. The van der Waals surface area contributed by atoms with Crippen molar-refractivity contribution in [3.05, 3.63) is 0 Å². The van der Waals surface area contributed by atoms with Gasteiger partial charge in [-0.15, -0.1) is 0 Å². The molecule has 0 saturated heterocycles. The molecule has 2 atom stereocenters. The lowest BCUT2D eigenvalue weighted by Gasteiger charge is -2.23. The van der Waals surface area contributed by atoms with Gasteiger partial charge in [-0.25, -0.2) is 0 Å². The number of carbonyl (C=O) groups is 1. The molecule has 1 saturated carbocycles. The van der Waals surface area contributed by atoms with Crippen molar-refractivity contribution in [2.75, 3.05) is 33.2 Å². The van der Waals surface area contributed by atoms with E-state index in [0.29, 0.717) is 13.0 Å². The number of ether oxygens (including phenoxy) is 2. The van der Waals surface area contributed by atoms with Crippen molar-refractivity contribution >= 4 is 17.7 Å². The molecule has 0 aromatic heterocycles. The van der Waals surface area contributed by atoms with Crippen molar-refractivity contribution in [3.63, 3.8) is 0 Å². The van der Waals surface area contributed by atoms with Crippen LogP contribution in [0.4, 0.5) is 0 Å². The second-order valence-corrected chi connectivity index (χ2v) is 6.13. The van der Waals surface area contributed by atoms with Gasteiger partial charge in [-0.05, 0) is 24.0 Å². The lowest BCUT2D eigenvalue weighted by molar-refractivity contribution is -0.141. The Morgan fingerprint density at radius 1 is 1.50 bits per heavy atom. The van der Waals surface area contributed by atoms with Gasteiger partial charge in [0.15, 0.2) is 0 Å². The van der Waals surface area contributed by atoms with Gasteiger partial charge in [0, 0.05) is 18.4 Å². The Kier molecular flexibility index (Phi) is 6.42. The molecule has 6 heteroatoms. The smallest absolute Gasteiger partial charge is 0.306 e. The maximum Gasteiger partial charge on any atom is 0.306 e. The van der Waals surface area contributed by atoms with Crippen LogP contribution < -0.4 is 5.73 Å². The summed E-state index contributed by atoms with van der Waals surface area (Å²) in [6.07, 6.45) is 2.56. The monoisotopic (exact) mass is 277 g/mol. The third-order valence-electron chi connectivity index (χ3n) is 3.32. The van der Waals surface area contributed by atoms with E-state index in [1.165, 1.54) is 7.11 Å². The van der Waals surface area contributed by atoms with Gasteiger partial charge in [0.05, 0.1) is 26.7 Å². The molecule has 5 nitrogen and oxygen atoms in total. The molecule has 1 aliphatic carbocycles. The van der Waals surface area contributed by atoms with E-state index in [-0.39, 0.29) is 29.3 Å². The van der Waals surface area contributed by atoms with Crippen molar-refractivity contribution in [3.8, 4) is 0 Å². The Balaban J connectivity index is 2.36. The highest BCUT2D eigenvalue weighted by Gasteiger charge is 2.45. The molecular formula is C12H23NO4S. The summed E-state index contributed by atoms with van der Waals surface area (Å²) in [7, 11) is 3.01. The number of hydrogen-bond donors (Lipinski definition) is 2. The molecule has 0 spiro atoms. The largest absolute Gasteiger partial charge is 0.469 e. The first-order valence-electron chi connectivity index (χ1n) is 6.10. The molecule has 1 fully saturated rings. The average molecular weight is 277 g/mol. The Hall–Kier alpha value is -0.300. The molecule has 106 valence electrons. The first-order chi connectivity index (χ1) is 8.56. The van der Waals surface area contributed by atoms with Crippen LogP contribution in [-0.2, 0) is 14.3 Å². The highest BCUT2D eigenvalue weighted by molar-refractivity contribution is 8.00. The molecule has 0 bridgehead atoms. The maximum atomic E-state index is 11.3. The van der Waals surface area contributed by atoms with Crippen molar-refractivity contribution in [1.82, 2.24) is 0 Å². The number of aliphatic hydroxyl groups excluding tert-OH is 1. The van der Waals surface area contributed by atoms with Gasteiger partial charge >= 0.3 is 5.97 Å². The van der Waals surface area contributed by atoms with E-state index >= 15 is 0 Å². The molecule has 1 aliphatic rings. The molecule has 0 aliphatic heterocycles. The van der Waals surface area contributed by atoms with Crippen molar-refractivity contribution in [2.24, 2.45) is 11.1 Å². The second kappa shape index (κ2) is 7.33. The summed E-state index contributed by atoms with van der Waals surface area (Å²) < 4.78 is 9.70. The van der Waals surface area contributed by atoms with Crippen molar-refractivity contribution < 1.29 is 19.4 Å². The molecule has 1 rings (SSSR count). The van der Waals surface area contributed by atoms with E-state index < -0.39 is 0 Å². The number of aliphatic hydroxyl groups is 1. The predicted molar refractivity (Wildman–Crippen MR) is 71.5 cm³/mol. The number of nitrogens with two attached hydrogens (primary N) is 1. The predicted octanol–water partition coefficient (Wildman–Crippen LogP) is 0.397. The zero-order valence-electron chi connectivity index (χ0n) is 11.1. The van der Waals surface area contributed by atoms with Crippen LogP contribution in [0.1, 0.15) is 19.3 Å². The van der Waals surface area contributed by atoms with Crippen LogP contribution in [0, 0.1) is 5.41 Å². The number of methoxy groups -OCH3 is 2. The Labute approximate surface area is 112 Å². The zero-order chi connectivity index (χ0) is 13.6. The summed E-state index contributed by atoms with van der Waals surface area (Å²) in [5.74, 6) is 0.680. The first kappa shape index (κ1) is 15.8. The third-order valence-corrected chi connectivity index (χ3v) is 5.03. The number of rotatable bonds is 9. The number of esters is 1. The Bertz CT molecular complexity index is 271. The highest BCUT2D eigenvalue weighted by Crippen LogP contribution is 2.51. The van der Waals surface area contributed by atoms with Crippen LogP contribution in [0.3, 0.4) is 0 Å². The number of carbonyl (C=O) groups excluding carboxylic acids is 1. The fourth-order valence-electron chi connectivity index (χ4n) is 1.82.